The Hall–Kier alpha value is -2.75. The molecular formula is C17H13NO3. The fourth-order valence-electron chi connectivity index (χ4n) is 2.39. The van der Waals surface area contributed by atoms with E-state index in [1.807, 2.05) is 49.4 Å². The summed E-state index contributed by atoms with van der Waals surface area (Å²) < 4.78 is 16.8. The molecule has 0 saturated heterocycles. The monoisotopic (exact) mass is 279 g/mol. The molecule has 0 saturated carbocycles. The van der Waals surface area contributed by atoms with E-state index >= 15 is 0 Å². The smallest absolute Gasteiger partial charge is 0.263 e. The van der Waals surface area contributed by atoms with E-state index < -0.39 is 0 Å². The number of hydrogen-bond donors (Lipinski definition) is 0. The number of aromatic nitrogens is 1. The molecule has 104 valence electrons. The molecule has 0 radical (unpaired) electrons. The summed E-state index contributed by atoms with van der Waals surface area (Å²) in [6, 6.07) is 13.6. The fraction of sp³-hybridized carbons (Fsp3) is 0.118. The van der Waals surface area contributed by atoms with Crippen molar-refractivity contribution in [1.29, 1.82) is 0 Å². The molecule has 3 aromatic heterocycles. The first kappa shape index (κ1) is 12.0. The number of aryl methyl sites for hydroxylation is 1. The number of nitrogens with zero attached hydrogens (tertiary/aromatic N) is 1. The largest absolute Gasteiger partial charge is 0.461 e. The Balaban J connectivity index is 1.67. The minimum absolute atomic E-state index is 0.503. The fourth-order valence-corrected chi connectivity index (χ4v) is 2.39. The molecular weight excluding hydrogens is 266 g/mol. The molecule has 0 amide bonds. The van der Waals surface area contributed by atoms with E-state index in [9.17, 15) is 0 Å². The Labute approximate surface area is 121 Å². The molecule has 4 heteroatoms. The predicted molar refractivity (Wildman–Crippen MR) is 78.0 cm³/mol. The highest BCUT2D eigenvalue weighted by Crippen LogP contribution is 2.25. The van der Waals surface area contributed by atoms with Crippen LogP contribution in [0.2, 0.25) is 0 Å². The number of rotatable bonds is 3. The molecule has 0 aliphatic carbocycles. The Morgan fingerprint density at radius 2 is 1.95 bits per heavy atom. The van der Waals surface area contributed by atoms with Crippen molar-refractivity contribution < 1.29 is 13.3 Å². The highest BCUT2D eigenvalue weighted by Gasteiger charge is 2.15. The summed E-state index contributed by atoms with van der Waals surface area (Å²) in [6.45, 7) is 1.90. The average Bonchev–Trinajstić information content (AvgIpc) is 3.19. The summed E-state index contributed by atoms with van der Waals surface area (Å²) in [5.41, 5.74) is 1.75. The van der Waals surface area contributed by atoms with Gasteiger partial charge in [0.2, 0.25) is 0 Å². The number of hydrogen-bond acceptors (Lipinski definition) is 4. The van der Waals surface area contributed by atoms with E-state index in [0.717, 1.165) is 28.2 Å². The van der Waals surface area contributed by atoms with Crippen LogP contribution in [0.3, 0.4) is 0 Å². The number of para-hydroxylation sites is 1. The minimum Gasteiger partial charge on any atom is -0.461 e. The number of furan rings is 2. The lowest BCUT2D eigenvalue weighted by Gasteiger charge is -1.92. The molecule has 4 aromatic rings. The molecule has 0 unspecified atom stereocenters. The summed E-state index contributed by atoms with van der Waals surface area (Å²) >= 11 is 0. The Kier molecular flexibility index (Phi) is 2.67. The van der Waals surface area contributed by atoms with Gasteiger partial charge in [-0.05, 0) is 31.2 Å². The van der Waals surface area contributed by atoms with Crippen LogP contribution in [-0.2, 0) is 6.42 Å². The van der Waals surface area contributed by atoms with Crippen molar-refractivity contribution in [2.45, 2.75) is 13.3 Å². The van der Waals surface area contributed by atoms with Gasteiger partial charge in [0.05, 0.1) is 18.4 Å². The maximum Gasteiger partial charge on any atom is 0.263 e. The van der Waals surface area contributed by atoms with Gasteiger partial charge in [0.25, 0.3) is 5.89 Å². The molecule has 0 fully saturated rings. The lowest BCUT2D eigenvalue weighted by molar-refractivity contribution is 0.499. The zero-order valence-electron chi connectivity index (χ0n) is 11.5. The van der Waals surface area contributed by atoms with E-state index in [0.29, 0.717) is 18.1 Å². The zero-order valence-corrected chi connectivity index (χ0v) is 11.5. The molecule has 0 aliphatic heterocycles. The van der Waals surface area contributed by atoms with E-state index in [4.69, 9.17) is 13.3 Å². The average molecular weight is 279 g/mol. The van der Waals surface area contributed by atoms with Crippen molar-refractivity contribution in [3.05, 3.63) is 65.9 Å². The topological polar surface area (TPSA) is 52.3 Å². The van der Waals surface area contributed by atoms with Crippen molar-refractivity contribution >= 4 is 11.0 Å². The zero-order chi connectivity index (χ0) is 14.2. The van der Waals surface area contributed by atoms with Crippen LogP contribution in [0, 0.1) is 6.92 Å². The lowest BCUT2D eigenvalue weighted by Crippen LogP contribution is -1.88. The highest BCUT2D eigenvalue weighted by atomic mass is 16.4. The molecule has 21 heavy (non-hydrogen) atoms. The van der Waals surface area contributed by atoms with E-state index in [-0.39, 0.29) is 0 Å². The van der Waals surface area contributed by atoms with Gasteiger partial charge < -0.3 is 13.3 Å². The molecule has 0 atom stereocenters. The van der Waals surface area contributed by atoms with Crippen LogP contribution >= 0.6 is 0 Å². The molecule has 0 aliphatic rings. The predicted octanol–water partition coefficient (Wildman–Crippen LogP) is 4.58. The molecule has 0 bridgehead atoms. The van der Waals surface area contributed by atoms with Crippen molar-refractivity contribution in [3.8, 4) is 11.7 Å². The van der Waals surface area contributed by atoms with Crippen LogP contribution in [0.4, 0.5) is 0 Å². The SMILES string of the molecule is Cc1oc(-c2ccco2)nc1Cc1cc2ccccc2o1. The normalized spacial score (nSPS) is 11.3. The maximum absolute atomic E-state index is 5.82. The van der Waals surface area contributed by atoms with Crippen molar-refractivity contribution in [2.75, 3.05) is 0 Å². The van der Waals surface area contributed by atoms with Gasteiger partial charge in [-0.15, -0.1) is 0 Å². The van der Waals surface area contributed by atoms with E-state index in [1.54, 1.807) is 6.26 Å². The minimum atomic E-state index is 0.503. The van der Waals surface area contributed by atoms with Gasteiger partial charge in [0.1, 0.15) is 17.1 Å². The summed E-state index contributed by atoms with van der Waals surface area (Å²) in [6.07, 6.45) is 2.21. The second-order valence-electron chi connectivity index (χ2n) is 4.93. The van der Waals surface area contributed by atoms with Gasteiger partial charge in [-0.2, -0.15) is 0 Å². The van der Waals surface area contributed by atoms with Crippen molar-refractivity contribution in [3.63, 3.8) is 0 Å². The maximum atomic E-state index is 5.82. The number of oxazole rings is 1. The van der Waals surface area contributed by atoms with Gasteiger partial charge in [-0.1, -0.05) is 18.2 Å². The first-order valence-electron chi connectivity index (χ1n) is 6.77. The molecule has 4 nitrogen and oxygen atoms in total. The van der Waals surface area contributed by atoms with Crippen LogP contribution in [-0.4, -0.2) is 4.98 Å². The molecule has 3 heterocycles. The third kappa shape index (κ3) is 2.14. The number of benzene rings is 1. The molecule has 4 rings (SSSR count). The van der Waals surface area contributed by atoms with Gasteiger partial charge in [0, 0.05) is 5.39 Å². The van der Waals surface area contributed by atoms with Gasteiger partial charge in [-0.3, -0.25) is 0 Å². The second kappa shape index (κ2) is 4.66. The van der Waals surface area contributed by atoms with Gasteiger partial charge in [-0.25, -0.2) is 4.98 Å². The summed E-state index contributed by atoms with van der Waals surface area (Å²) in [5, 5.41) is 1.10. The second-order valence-corrected chi connectivity index (χ2v) is 4.93. The van der Waals surface area contributed by atoms with Crippen LogP contribution in [0.15, 0.2) is 62.0 Å². The Morgan fingerprint density at radius 3 is 2.76 bits per heavy atom. The van der Waals surface area contributed by atoms with Crippen LogP contribution in [0.5, 0.6) is 0 Å². The molecule has 1 aromatic carbocycles. The van der Waals surface area contributed by atoms with Gasteiger partial charge >= 0.3 is 0 Å². The lowest BCUT2D eigenvalue weighted by atomic mass is 10.2. The van der Waals surface area contributed by atoms with Gasteiger partial charge in [0.15, 0.2) is 5.76 Å². The van der Waals surface area contributed by atoms with Crippen molar-refractivity contribution in [1.82, 2.24) is 4.98 Å². The van der Waals surface area contributed by atoms with Crippen LogP contribution in [0.1, 0.15) is 17.2 Å². The number of fused-ring (bicyclic) bond motifs is 1. The third-order valence-electron chi connectivity index (χ3n) is 3.44. The standard InChI is InChI=1S/C17H13NO3/c1-11-14(18-17(20-11)16-7-4-8-19-16)10-13-9-12-5-2-3-6-15(12)21-13/h2-9H,10H2,1H3. The van der Waals surface area contributed by atoms with E-state index in [1.165, 1.54) is 0 Å². The molecule has 0 N–H and O–H groups in total. The first-order valence-corrected chi connectivity index (χ1v) is 6.77. The first-order chi connectivity index (χ1) is 10.3. The summed E-state index contributed by atoms with van der Waals surface area (Å²) in [5.74, 6) is 2.79. The quantitative estimate of drug-likeness (QED) is 0.550. The summed E-state index contributed by atoms with van der Waals surface area (Å²) in [4.78, 5) is 4.50. The molecule has 0 spiro atoms. The van der Waals surface area contributed by atoms with Crippen LogP contribution < -0.4 is 0 Å². The van der Waals surface area contributed by atoms with Crippen LogP contribution in [0.25, 0.3) is 22.6 Å². The van der Waals surface area contributed by atoms with Crippen molar-refractivity contribution in [2.24, 2.45) is 0 Å². The highest BCUT2D eigenvalue weighted by molar-refractivity contribution is 5.77. The Bertz CT molecular complexity index is 851. The van der Waals surface area contributed by atoms with E-state index in [2.05, 4.69) is 4.98 Å². The Morgan fingerprint density at radius 1 is 1.05 bits per heavy atom. The summed E-state index contributed by atoms with van der Waals surface area (Å²) in [7, 11) is 0. The third-order valence-corrected chi connectivity index (χ3v) is 3.44.